The zero-order chi connectivity index (χ0) is 11.1. The van der Waals surface area contributed by atoms with Gasteiger partial charge in [0.1, 0.15) is 5.75 Å². The first-order valence-corrected chi connectivity index (χ1v) is 6.25. The van der Waals surface area contributed by atoms with Gasteiger partial charge in [0, 0.05) is 21.6 Å². The van der Waals surface area contributed by atoms with Crippen LogP contribution in [-0.4, -0.2) is 11.1 Å². The van der Waals surface area contributed by atoms with Crippen LogP contribution in [0, 0.1) is 6.92 Å². The summed E-state index contributed by atoms with van der Waals surface area (Å²) in [7, 11) is 0. The molecule has 82 valence electrons. The molecule has 1 heterocycles. The Morgan fingerprint density at radius 3 is 2.88 bits per heavy atom. The van der Waals surface area contributed by atoms with Gasteiger partial charge in [-0.25, -0.2) is 0 Å². The molecule has 2 aromatic rings. The van der Waals surface area contributed by atoms with Crippen LogP contribution in [0.3, 0.4) is 0 Å². The maximum absolute atomic E-state index is 5.91. The number of hydrogen-bond acceptors (Lipinski definition) is 2. The third kappa shape index (κ3) is 1.92. The van der Waals surface area contributed by atoms with Crippen LogP contribution in [0.4, 0.5) is 0 Å². The third-order valence-electron chi connectivity index (χ3n) is 2.68. The molecule has 1 aliphatic carbocycles. The zero-order valence-corrected chi connectivity index (χ0v) is 10.6. The van der Waals surface area contributed by atoms with E-state index in [1.54, 1.807) is 0 Å². The molecule has 0 N–H and O–H groups in total. The van der Waals surface area contributed by atoms with Gasteiger partial charge in [-0.3, -0.25) is 4.98 Å². The number of aromatic nitrogens is 1. The molecule has 0 spiro atoms. The van der Waals surface area contributed by atoms with Crippen molar-refractivity contribution in [3.63, 3.8) is 0 Å². The molecule has 0 aliphatic heterocycles. The SMILES string of the molecule is Cc1cc(OC2CC2)c2cc(Br)ccc2n1. The van der Waals surface area contributed by atoms with E-state index in [0.29, 0.717) is 6.10 Å². The van der Waals surface area contributed by atoms with Crippen LogP contribution in [0.25, 0.3) is 10.9 Å². The normalized spacial score (nSPS) is 15.4. The van der Waals surface area contributed by atoms with Crippen molar-refractivity contribution in [3.05, 3.63) is 34.4 Å². The van der Waals surface area contributed by atoms with Crippen LogP contribution >= 0.6 is 15.9 Å². The Bertz CT molecular complexity index is 549. The lowest BCUT2D eigenvalue weighted by molar-refractivity contribution is 0.306. The second-order valence-corrected chi connectivity index (χ2v) is 5.16. The summed E-state index contributed by atoms with van der Waals surface area (Å²) in [5, 5.41) is 1.09. The van der Waals surface area contributed by atoms with Gasteiger partial charge in [-0.15, -0.1) is 0 Å². The Kier molecular flexibility index (Phi) is 2.36. The highest BCUT2D eigenvalue weighted by Crippen LogP contribution is 2.33. The molecular formula is C13H12BrNO. The maximum atomic E-state index is 5.91. The van der Waals surface area contributed by atoms with Crippen LogP contribution in [0.5, 0.6) is 5.75 Å². The number of pyridine rings is 1. The molecule has 2 nitrogen and oxygen atoms in total. The van der Waals surface area contributed by atoms with E-state index in [0.717, 1.165) is 26.8 Å². The van der Waals surface area contributed by atoms with E-state index in [9.17, 15) is 0 Å². The molecule has 3 heteroatoms. The van der Waals surface area contributed by atoms with Gasteiger partial charge in [-0.1, -0.05) is 15.9 Å². The molecule has 0 atom stereocenters. The molecule has 1 fully saturated rings. The van der Waals surface area contributed by atoms with Gasteiger partial charge in [0.15, 0.2) is 0 Å². The molecule has 16 heavy (non-hydrogen) atoms. The number of aryl methyl sites for hydroxylation is 1. The van der Waals surface area contributed by atoms with E-state index in [1.807, 2.05) is 25.1 Å². The molecule has 0 unspecified atom stereocenters. The lowest BCUT2D eigenvalue weighted by atomic mass is 10.2. The van der Waals surface area contributed by atoms with Crippen molar-refractivity contribution in [2.75, 3.05) is 0 Å². The minimum absolute atomic E-state index is 0.420. The Hall–Kier alpha value is -1.09. The quantitative estimate of drug-likeness (QED) is 0.832. The van der Waals surface area contributed by atoms with E-state index in [4.69, 9.17) is 4.74 Å². The van der Waals surface area contributed by atoms with Crippen molar-refractivity contribution in [1.29, 1.82) is 0 Å². The Morgan fingerprint density at radius 1 is 1.31 bits per heavy atom. The topological polar surface area (TPSA) is 22.1 Å². The average molecular weight is 278 g/mol. The van der Waals surface area contributed by atoms with Crippen molar-refractivity contribution in [3.8, 4) is 5.75 Å². The number of rotatable bonds is 2. The highest BCUT2D eigenvalue weighted by molar-refractivity contribution is 9.10. The summed E-state index contributed by atoms with van der Waals surface area (Å²) in [5.41, 5.74) is 2.00. The monoisotopic (exact) mass is 277 g/mol. The molecule has 0 radical (unpaired) electrons. The largest absolute Gasteiger partial charge is 0.490 e. The molecule has 1 aliphatic rings. The summed E-state index contributed by atoms with van der Waals surface area (Å²) in [6.07, 6.45) is 2.78. The lowest BCUT2D eigenvalue weighted by Gasteiger charge is -2.09. The van der Waals surface area contributed by atoms with Gasteiger partial charge >= 0.3 is 0 Å². The first-order chi connectivity index (χ1) is 7.72. The van der Waals surface area contributed by atoms with Gasteiger partial charge in [-0.2, -0.15) is 0 Å². The fourth-order valence-corrected chi connectivity index (χ4v) is 2.12. The third-order valence-corrected chi connectivity index (χ3v) is 3.17. The fraction of sp³-hybridized carbons (Fsp3) is 0.308. The molecule has 0 bridgehead atoms. The van der Waals surface area contributed by atoms with Gasteiger partial charge in [-0.05, 0) is 38.0 Å². The molecule has 0 amide bonds. The number of nitrogens with zero attached hydrogens (tertiary/aromatic N) is 1. The highest BCUT2D eigenvalue weighted by atomic mass is 79.9. The number of fused-ring (bicyclic) bond motifs is 1. The van der Waals surface area contributed by atoms with E-state index < -0.39 is 0 Å². The number of ether oxygens (including phenoxy) is 1. The van der Waals surface area contributed by atoms with Crippen LogP contribution in [0.1, 0.15) is 18.5 Å². The van der Waals surface area contributed by atoms with Gasteiger partial charge < -0.3 is 4.74 Å². The molecule has 3 rings (SSSR count). The van der Waals surface area contributed by atoms with Crippen molar-refractivity contribution in [2.45, 2.75) is 25.9 Å². The van der Waals surface area contributed by atoms with Crippen molar-refractivity contribution >= 4 is 26.8 Å². The van der Waals surface area contributed by atoms with Crippen molar-refractivity contribution in [2.24, 2.45) is 0 Å². The molecule has 0 saturated heterocycles. The van der Waals surface area contributed by atoms with Crippen LogP contribution in [0.15, 0.2) is 28.7 Å². The Labute approximate surface area is 103 Å². The summed E-state index contributed by atoms with van der Waals surface area (Å²) < 4.78 is 6.97. The van der Waals surface area contributed by atoms with E-state index in [2.05, 4.69) is 27.0 Å². The summed E-state index contributed by atoms with van der Waals surface area (Å²) in [4.78, 5) is 4.50. The molecule has 1 aromatic carbocycles. The summed E-state index contributed by atoms with van der Waals surface area (Å²) >= 11 is 3.48. The second kappa shape index (κ2) is 3.74. The van der Waals surface area contributed by atoms with Gasteiger partial charge in [0.2, 0.25) is 0 Å². The predicted octanol–water partition coefficient (Wildman–Crippen LogP) is 3.85. The van der Waals surface area contributed by atoms with Crippen LogP contribution in [0.2, 0.25) is 0 Å². The van der Waals surface area contributed by atoms with Crippen molar-refractivity contribution < 1.29 is 4.74 Å². The minimum Gasteiger partial charge on any atom is -0.490 e. The Balaban J connectivity index is 2.18. The smallest absolute Gasteiger partial charge is 0.130 e. The summed E-state index contributed by atoms with van der Waals surface area (Å²) in [6, 6.07) is 8.12. The number of hydrogen-bond donors (Lipinski definition) is 0. The zero-order valence-electron chi connectivity index (χ0n) is 9.03. The molecule has 1 aromatic heterocycles. The van der Waals surface area contributed by atoms with E-state index >= 15 is 0 Å². The fourth-order valence-electron chi connectivity index (χ4n) is 1.76. The summed E-state index contributed by atoms with van der Waals surface area (Å²) in [5.74, 6) is 0.964. The lowest BCUT2D eigenvalue weighted by Crippen LogP contribution is -1.98. The molecular weight excluding hydrogens is 266 g/mol. The summed E-state index contributed by atoms with van der Waals surface area (Å²) in [6.45, 7) is 2.00. The van der Waals surface area contributed by atoms with Crippen molar-refractivity contribution in [1.82, 2.24) is 4.98 Å². The molecule has 1 saturated carbocycles. The van der Waals surface area contributed by atoms with E-state index in [-0.39, 0.29) is 0 Å². The first-order valence-electron chi connectivity index (χ1n) is 5.46. The van der Waals surface area contributed by atoms with Crippen LogP contribution in [-0.2, 0) is 0 Å². The highest BCUT2D eigenvalue weighted by Gasteiger charge is 2.24. The predicted molar refractivity (Wildman–Crippen MR) is 67.8 cm³/mol. The average Bonchev–Trinajstić information content (AvgIpc) is 3.03. The van der Waals surface area contributed by atoms with Gasteiger partial charge in [0.25, 0.3) is 0 Å². The second-order valence-electron chi connectivity index (χ2n) is 4.24. The standard InChI is InChI=1S/C13H12BrNO/c1-8-6-13(16-10-3-4-10)11-7-9(14)2-5-12(11)15-8/h2,5-7,10H,3-4H2,1H3. The van der Waals surface area contributed by atoms with Crippen LogP contribution < -0.4 is 4.74 Å². The number of halogens is 1. The van der Waals surface area contributed by atoms with Gasteiger partial charge in [0.05, 0.1) is 11.6 Å². The first kappa shape index (κ1) is 10.1. The van der Waals surface area contributed by atoms with E-state index in [1.165, 1.54) is 12.8 Å². The number of benzene rings is 1. The Morgan fingerprint density at radius 2 is 2.12 bits per heavy atom. The minimum atomic E-state index is 0.420. The maximum Gasteiger partial charge on any atom is 0.130 e.